The molecule has 0 spiro atoms. The van der Waals surface area contributed by atoms with Gasteiger partial charge in [-0.3, -0.25) is 4.68 Å². The first kappa shape index (κ1) is 16.4. The Bertz CT molecular complexity index is 475. The average molecular weight is 310 g/mol. The van der Waals surface area contributed by atoms with E-state index in [1.165, 1.54) is 21.4 Å². The van der Waals surface area contributed by atoms with Crippen molar-refractivity contribution in [2.75, 3.05) is 32.2 Å². The van der Waals surface area contributed by atoms with Gasteiger partial charge in [0.25, 0.3) is 0 Å². The predicted octanol–water partition coefficient (Wildman–Crippen LogP) is 1.17. The highest BCUT2D eigenvalue weighted by atomic mass is 35.5. The second kappa shape index (κ2) is 7.84. The van der Waals surface area contributed by atoms with Gasteiger partial charge in [0.15, 0.2) is 0 Å². The number of aromatic nitrogens is 2. The van der Waals surface area contributed by atoms with Crippen LogP contribution in [0, 0.1) is 0 Å². The predicted molar refractivity (Wildman–Crippen MR) is 73.9 cm³/mol. The van der Waals surface area contributed by atoms with Crippen molar-refractivity contribution in [1.29, 1.82) is 0 Å². The molecule has 0 aromatic carbocycles. The number of likely N-dealkylation sites (N-methyl/N-ethyl adjacent to an activating group) is 1. The van der Waals surface area contributed by atoms with Crippen LogP contribution in [0.25, 0.3) is 0 Å². The van der Waals surface area contributed by atoms with Crippen LogP contribution in [0.2, 0.25) is 0 Å². The van der Waals surface area contributed by atoms with Crippen LogP contribution in [0.1, 0.15) is 13.8 Å². The fourth-order valence-electron chi connectivity index (χ4n) is 1.59. The van der Waals surface area contributed by atoms with Crippen LogP contribution in [0.15, 0.2) is 17.3 Å². The molecule has 8 heteroatoms. The molecule has 0 saturated heterocycles. The van der Waals surface area contributed by atoms with Gasteiger partial charge in [-0.15, -0.1) is 11.6 Å². The number of hydrogen-bond acceptors (Lipinski definition) is 4. The summed E-state index contributed by atoms with van der Waals surface area (Å²) in [7, 11) is -3.50. The fourth-order valence-corrected chi connectivity index (χ4v) is 3.16. The van der Waals surface area contributed by atoms with Crippen molar-refractivity contribution in [1.82, 2.24) is 14.1 Å². The highest BCUT2D eigenvalue weighted by Crippen LogP contribution is 2.14. The lowest BCUT2D eigenvalue weighted by Gasteiger charge is -2.19. The minimum Gasteiger partial charge on any atom is -0.380 e. The standard InChI is InChI=1S/C11H20ClN3O3S/c1-3-15(7-8-18-4-2)19(16,17)11-9-13-14(10-11)6-5-12/h9-10H,3-8H2,1-2H3. The number of sulfonamides is 1. The summed E-state index contributed by atoms with van der Waals surface area (Å²) in [5.74, 6) is 0.392. The molecule has 1 aromatic heterocycles. The maximum absolute atomic E-state index is 12.4. The molecule has 0 radical (unpaired) electrons. The first-order valence-corrected chi connectivity index (χ1v) is 8.20. The van der Waals surface area contributed by atoms with Gasteiger partial charge in [0, 0.05) is 31.8 Å². The summed E-state index contributed by atoms with van der Waals surface area (Å²) in [6.07, 6.45) is 2.85. The van der Waals surface area contributed by atoms with Crippen molar-refractivity contribution in [3.63, 3.8) is 0 Å². The molecule has 0 bridgehead atoms. The number of alkyl halides is 1. The van der Waals surface area contributed by atoms with Crippen LogP contribution in [0.4, 0.5) is 0 Å². The van der Waals surface area contributed by atoms with Crippen LogP contribution >= 0.6 is 11.6 Å². The van der Waals surface area contributed by atoms with E-state index in [1.807, 2.05) is 6.92 Å². The molecule has 0 unspecified atom stereocenters. The Balaban J connectivity index is 2.80. The molecule has 0 aliphatic carbocycles. The van der Waals surface area contributed by atoms with E-state index in [2.05, 4.69) is 5.10 Å². The molecule has 0 fully saturated rings. The molecule has 0 saturated carbocycles. The zero-order valence-corrected chi connectivity index (χ0v) is 12.8. The monoisotopic (exact) mass is 309 g/mol. The first-order chi connectivity index (χ1) is 9.06. The van der Waals surface area contributed by atoms with E-state index in [9.17, 15) is 8.42 Å². The Kier molecular flexibility index (Phi) is 6.78. The molecule has 0 aliphatic heterocycles. The number of ether oxygens (including phenoxy) is 1. The highest BCUT2D eigenvalue weighted by molar-refractivity contribution is 7.89. The van der Waals surface area contributed by atoms with Crippen molar-refractivity contribution in [2.24, 2.45) is 0 Å². The van der Waals surface area contributed by atoms with Gasteiger partial charge >= 0.3 is 0 Å². The zero-order valence-electron chi connectivity index (χ0n) is 11.2. The van der Waals surface area contributed by atoms with Crippen LogP contribution < -0.4 is 0 Å². The van der Waals surface area contributed by atoms with Gasteiger partial charge < -0.3 is 4.74 Å². The second-order valence-electron chi connectivity index (χ2n) is 3.82. The topological polar surface area (TPSA) is 64.4 Å². The third-order valence-corrected chi connectivity index (χ3v) is 4.70. The second-order valence-corrected chi connectivity index (χ2v) is 6.14. The van der Waals surface area contributed by atoms with Crippen molar-refractivity contribution < 1.29 is 13.2 Å². The van der Waals surface area contributed by atoms with Gasteiger partial charge in [0.2, 0.25) is 10.0 Å². The quantitative estimate of drug-likeness (QED) is 0.507. The lowest BCUT2D eigenvalue weighted by Crippen LogP contribution is -2.33. The van der Waals surface area contributed by atoms with Crippen molar-refractivity contribution >= 4 is 21.6 Å². The van der Waals surface area contributed by atoms with Gasteiger partial charge in [-0.05, 0) is 6.92 Å². The minimum absolute atomic E-state index is 0.191. The average Bonchev–Trinajstić information content (AvgIpc) is 2.84. The Labute approximate surface area is 119 Å². The fraction of sp³-hybridized carbons (Fsp3) is 0.727. The summed E-state index contributed by atoms with van der Waals surface area (Å²) in [4.78, 5) is 0.191. The number of nitrogens with zero attached hydrogens (tertiary/aromatic N) is 3. The molecular formula is C11H20ClN3O3S. The van der Waals surface area contributed by atoms with Crippen LogP contribution in [-0.2, 0) is 21.3 Å². The largest absolute Gasteiger partial charge is 0.380 e. The number of halogens is 1. The Morgan fingerprint density at radius 2 is 2.21 bits per heavy atom. The highest BCUT2D eigenvalue weighted by Gasteiger charge is 2.24. The van der Waals surface area contributed by atoms with E-state index in [0.717, 1.165) is 0 Å². The van der Waals surface area contributed by atoms with Crippen molar-refractivity contribution in [2.45, 2.75) is 25.3 Å². The summed E-state index contributed by atoms with van der Waals surface area (Å²) in [5.41, 5.74) is 0. The maximum Gasteiger partial charge on any atom is 0.246 e. The SMILES string of the molecule is CCOCCN(CC)S(=O)(=O)c1cnn(CCCl)c1. The summed E-state index contributed by atoms with van der Waals surface area (Å²) < 4.78 is 32.8. The normalized spacial score (nSPS) is 12.2. The van der Waals surface area contributed by atoms with Gasteiger partial charge in [-0.2, -0.15) is 9.40 Å². The maximum atomic E-state index is 12.4. The van der Waals surface area contributed by atoms with Crippen LogP contribution in [0.3, 0.4) is 0 Å². The molecule has 1 aromatic rings. The van der Waals surface area contributed by atoms with Gasteiger partial charge in [0.05, 0.1) is 19.3 Å². The van der Waals surface area contributed by atoms with E-state index in [0.29, 0.717) is 38.7 Å². The van der Waals surface area contributed by atoms with Crippen LogP contribution in [-0.4, -0.2) is 54.7 Å². The Morgan fingerprint density at radius 1 is 1.47 bits per heavy atom. The molecule has 19 heavy (non-hydrogen) atoms. The molecular weight excluding hydrogens is 290 g/mol. The van der Waals surface area contributed by atoms with Gasteiger partial charge in [-0.1, -0.05) is 6.92 Å². The van der Waals surface area contributed by atoms with E-state index in [1.54, 1.807) is 6.92 Å². The summed E-state index contributed by atoms with van der Waals surface area (Å²) in [6, 6.07) is 0. The van der Waals surface area contributed by atoms with E-state index in [-0.39, 0.29) is 4.90 Å². The first-order valence-electron chi connectivity index (χ1n) is 6.22. The smallest absolute Gasteiger partial charge is 0.246 e. The summed E-state index contributed by atoms with van der Waals surface area (Å²) >= 11 is 5.60. The third-order valence-electron chi connectivity index (χ3n) is 2.60. The molecule has 1 heterocycles. The van der Waals surface area contributed by atoms with E-state index < -0.39 is 10.0 Å². The van der Waals surface area contributed by atoms with Gasteiger partial charge in [-0.25, -0.2) is 8.42 Å². The number of aryl methyl sites for hydroxylation is 1. The van der Waals surface area contributed by atoms with Crippen LogP contribution in [0.5, 0.6) is 0 Å². The number of rotatable bonds is 9. The third kappa shape index (κ3) is 4.45. The molecule has 110 valence electrons. The van der Waals surface area contributed by atoms with E-state index >= 15 is 0 Å². The Hall–Kier alpha value is -0.630. The summed E-state index contributed by atoms with van der Waals surface area (Å²) in [6.45, 7) is 5.86. The molecule has 1 rings (SSSR count). The molecule has 6 nitrogen and oxygen atoms in total. The summed E-state index contributed by atoms with van der Waals surface area (Å²) in [5, 5.41) is 3.98. The van der Waals surface area contributed by atoms with Crippen molar-refractivity contribution in [3.05, 3.63) is 12.4 Å². The van der Waals surface area contributed by atoms with E-state index in [4.69, 9.17) is 16.3 Å². The molecule has 0 atom stereocenters. The Morgan fingerprint density at radius 3 is 2.79 bits per heavy atom. The van der Waals surface area contributed by atoms with Gasteiger partial charge in [0.1, 0.15) is 4.90 Å². The molecule has 0 aliphatic rings. The minimum atomic E-state index is -3.50. The number of hydrogen-bond donors (Lipinski definition) is 0. The van der Waals surface area contributed by atoms with Crippen molar-refractivity contribution in [3.8, 4) is 0 Å². The molecule has 0 amide bonds. The zero-order chi connectivity index (χ0) is 14.3. The molecule has 0 N–H and O–H groups in total. The lowest BCUT2D eigenvalue weighted by atomic mass is 10.6. The lowest BCUT2D eigenvalue weighted by molar-refractivity contribution is 0.135.